The molecule has 104 valence electrons. The third-order valence-corrected chi connectivity index (χ3v) is 5.42. The zero-order valence-corrected chi connectivity index (χ0v) is 12.8. The molecule has 2 unspecified atom stereocenters. The molecule has 0 saturated carbocycles. The summed E-state index contributed by atoms with van der Waals surface area (Å²) in [5.41, 5.74) is 0.497. The summed E-state index contributed by atoms with van der Waals surface area (Å²) in [6.07, 6.45) is 1.80. The summed E-state index contributed by atoms with van der Waals surface area (Å²) in [6.45, 7) is 0. The lowest BCUT2D eigenvalue weighted by Gasteiger charge is -2.13. The molecule has 2 atom stereocenters. The van der Waals surface area contributed by atoms with Gasteiger partial charge in [-0.2, -0.15) is 5.26 Å². The molecule has 2 rings (SSSR count). The van der Waals surface area contributed by atoms with Crippen molar-refractivity contribution >= 4 is 52.9 Å². The second kappa shape index (κ2) is 6.39. The van der Waals surface area contributed by atoms with E-state index < -0.39 is 17.9 Å². The average molecular weight is 328 g/mol. The van der Waals surface area contributed by atoms with Gasteiger partial charge in [-0.1, -0.05) is 17.7 Å². The van der Waals surface area contributed by atoms with Crippen molar-refractivity contribution in [2.45, 2.75) is 4.58 Å². The summed E-state index contributed by atoms with van der Waals surface area (Å²) < 4.78 is 0.730. The van der Waals surface area contributed by atoms with Gasteiger partial charge in [-0.05, 0) is 36.4 Å². The first-order valence-electron chi connectivity index (χ1n) is 5.56. The molecule has 5 nitrogen and oxygen atoms in total. The van der Waals surface area contributed by atoms with Gasteiger partial charge < -0.3 is 5.32 Å². The van der Waals surface area contributed by atoms with E-state index in [1.165, 1.54) is 11.8 Å². The Balaban J connectivity index is 2.11. The van der Waals surface area contributed by atoms with Crippen LogP contribution >= 0.6 is 35.3 Å². The number of anilines is 1. The smallest absolute Gasteiger partial charge is 0.307 e. The van der Waals surface area contributed by atoms with Crippen molar-refractivity contribution in [3.05, 3.63) is 29.3 Å². The molecule has 0 aliphatic carbocycles. The maximum atomic E-state index is 12.1. The Bertz CT molecular complexity index is 590. The van der Waals surface area contributed by atoms with Gasteiger partial charge in [0, 0.05) is 10.7 Å². The van der Waals surface area contributed by atoms with Gasteiger partial charge >= 0.3 is 6.03 Å². The molecule has 1 heterocycles. The summed E-state index contributed by atoms with van der Waals surface area (Å²) in [6, 6.07) is 8.00. The van der Waals surface area contributed by atoms with Gasteiger partial charge in [0.05, 0.1) is 10.7 Å². The molecule has 1 fully saturated rings. The predicted octanol–water partition coefficient (Wildman–Crippen LogP) is 3.19. The van der Waals surface area contributed by atoms with E-state index in [4.69, 9.17) is 16.9 Å². The maximum Gasteiger partial charge on any atom is 0.338 e. The quantitative estimate of drug-likeness (QED) is 0.844. The normalized spacial score (nSPS) is 21.6. The summed E-state index contributed by atoms with van der Waals surface area (Å²) in [5.74, 6) is -1.29. The summed E-state index contributed by atoms with van der Waals surface area (Å²) in [4.78, 5) is 24.1. The Morgan fingerprint density at radius 3 is 2.90 bits per heavy atom. The van der Waals surface area contributed by atoms with Crippen LogP contribution in [0.4, 0.5) is 10.5 Å². The van der Waals surface area contributed by atoms with E-state index in [0.29, 0.717) is 10.7 Å². The van der Waals surface area contributed by atoms with Gasteiger partial charge in [0.1, 0.15) is 5.92 Å². The minimum atomic E-state index is -0.805. The molecule has 1 aromatic rings. The van der Waals surface area contributed by atoms with E-state index in [2.05, 4.69) is 5.32 Å². The molecule has 3 amide bonds. The van der Waals surface area contributed by atoms with Crippen LogP contribution in [-0.4, -0.2) is 27.1 Å². The Kier molecular flexibility index (Phi) is 4.81. The van der Waals surface area contributed by atoms with Crippen LogP contribution < -0.4 is 5.32 Å². The van der Waals surface area contributed by atoms with Crippen molar-refractivity contribution in [1.29, 1.82) is 5.26 Å². The van der Waals surface area contributed by atoms with Crippen LogP contribution in [0.25, 0.3) is 0 Å². The molecule has 1 aliphatic heterocycles. The van der Waals surface area contributed by atoms with Crippen LogP contribution in [0.15, 0.2) is 24.3 Å². The topological polar surface area (TPSA) is 73.2 Å². The highest BCUT2D eigenvalue weighted by Crippen LogP contribution is 2.40. The fraction of sp³-hybridized carbons (Fsp3) is 0.250. The van der Waals surface area contributed by atoms with Gasteiger partial charge in [-0.15, -0.1) is 11.8 Å². The van der Waals surface area contributed by atoms with Crippen molar-refractivity contribution in [2.24, 2.45) is 5.92 Å². The standard InChI is InChI=1S/C12H10ClN3O2S2/c1-19-11-9(6-14)10(17)16(20-11)12(18)15-8-4-2-3-7(13)5-8/h2-5,9,11H,1H3,(H,15,18). The van der Waals surface area contributed by atoms with Crippen molar-refractivity contribution in [3.63, 3.8) is 0 Å². The molecular weight excluding hydrogens is 318 g/mol. The Labute approximate surface area is 129 Å². The number of nitrogens with one attached hydrogen (secondary N) is 1. The molecule has 0 radical (unpaired) electrons. The average Bonchev–Trinajstić information content (AvgIpc) is 2.75. The first-order chi connectivity index (χ1) is 9.56. The molecule has 0 spiro atoms. The first kappa shape index (κ1) is 15.0. The van der Waals surface area contributed by atoms with E-state index in [9.17, 15) is 9.59 Å². The number of benzene rings is 1. The van der Waals surface area contributed by atoms with Crippen LogP contribution in [-0.2, 0) is 4.79 Å². The number of hydrogen-bond donors (Lipinski definition) is 1. The van der Waals surface area contributed by atoms with E-state index in [1.807, 2.05) is 6.07 Å². The number of nitrogens with zero attached hydrogens (tertiary/aromatic N) is 2. The summed E-state index contributed by atoms with van der Waals surface area (Å²) >= 11 is 8.26. The molecule has 0 bridgehead atoms. The molecule has 1 aromatic carbocycles. The molecule has 20 heavy (non-hydrogen) atoms. The van der Waals surface area contributed by atoms with Crippen LogP contribution in [0.3, 0.4) is 0 Å². The largest absolute Gasteiger partial charge is 0.338 e. The minimum absolute atomic E-state index is 0.266. The van der Waals surface area contributed by atoms with Gasteiger partial charge in [-0.3, -0.25) is 4.79 Å². The van der Waals surface area contributed by atoms with Crippen LogP contribution in [0.2, 0.25) is 5.02 Å². The van der Waals surface area contributed by atoms with Crippen LogP contribution in [0.1, 0.15) is 0 Å². The number of halogens is 1. The minimum Gasteiger partial charge on any atom is -0.307 e. The third kappa shape index (κ3) is 3.03. The number of rotatable bonds is 2. The highest BCUT2D eigenvalue weighted by Gasteiger charge is 2.44. The first-order valence-corrected chi connectivity index (χ1v) is 8.06. The van der Waals surface area contributed by atoms with E-state index >= 15 is 0 Å². The Morgan fingerprint density at radius 2 is 2.35 bits per heavy atom. The fourth-order valence-corrected chi connectivity index (χ4v) is 3.75. The number of imide groups is 1. The highest BCUT2D eigenvalue weighted by atomic mass is 35.5. The molecule has 1 aliphatic rings. The summed E-state index contributed by atoms with van der Waals surface area (Å²) in [7, 11) is 0. The zero-order valence-electron chi connectivity index (χ0n) is 10.4. The van der Waals surface area contributed by atoms with Gasteiger partial charge in [0.15, 0.2) is 0 Å². The number of urea groups is 1. The zero-order chi connectivity index (χ0) is 14.7. The SMILES string of the molecule is CSC1SN(C(=O)Nc2cccc(Cl)c2)C(=O)C1C#N. The van der Waals surface area contributed by atoms with Gasteiger partial charge in [-0.25, -0.2) is 9.10 Å². The van der Waals surface area contributed by atoms with Crippen LogP contribution in [0, 0.1) is 17.2 Å². The number of thioether (sulfide) groups is 1. The van der Waals surface area contributed by atoms with Crippen molar-refractivity contribution in [3.8, 4) is 6.07 Å². The number of amides is 3. The maximum absolute atomic E-state index is 12.1. The van der Waals surface area contributed by atoms with Crippen LogP contribution in [0.5, 0.6) is 0 Å². The van der Waals surface area contributed by atoms with Gasteiger partial charge in [0.2, 0.25) is 0 Å². The lowest BCUT2D eigenvalue weighted by Crippen LogP contribution is -2.33. The molecule has 0 aromatic heterocycles. The number of hydrogen-bond acceptors (Lipinski definition) is 5. The van der Waals surface area contributed by atoms with Crippen molar-refractivity contribution in [1.82, 2.24) is 4.31 Å². The Morgan fingerprint density at radius 1 is 1.60 bits per heavy atom. The second-order valence-corrected chi connectivity index (χ2v) is 6.69. The van der Waals surface area contributed by atoms with E-state index in [0.717, 1.165) is 16.3 Å². The monoisotopic (exact) mass is 327 g/mol. The van der Waals surface area contributed by atoms with Crippen molar-refractivity contribution in [2.75, 3.05) is 11.6 Å². The lowest BCUT2D eigenvalue weighted by molar-refractivity contribution is -0.125. The molecular formula is C12H10ClN3O2S2. The fourth-order valence-electron chi connectivity index (χ4n) is 1.64. The third-order valence-electron chi connectivity index (χ3n) is 2.58. The van der Waals surface area contributed by atoms with E-state index in [-0.39, 0.29) is 4.58 Å². The second-order valence-electron chi connectivity index (χ2n) is 3.89. The predicted molar refractivity (Wildman–Crippen MR) is 81.3 cm³/mol. The lowest BCUT2D eigenvalue weighted by atomic mass is 10.2. The van der Waals surface area contributed by atoms with Crippen molar-refractivity contribution < 1.29 is 9.59 Å². The molecule has 1 N–H and O–H groups in total. The summed E-state index contributed by atoms with van der Waals surface area (Å²) in [5, 5.41) is 12.1. The van der Waals surface area contributed by atoms with Gasteiger partial charge in [0.25, 0.3) is 5.91 Å². The molecule has 1 saturated heterocycles. The number of nitriles is 1. The highest BCUT2D eigenvalue weighted by molar-refractivity contribution is 8.16. The van der Waals surface area contributed by atoms with E-state index in [1.54, 1.807) is 30.5 Å². The number of carbonyl (C=O) groups excluding carboxylic acids is 2. The Hall–Kier alpha value is -1.36. The number of carbonyl (C=O) groups is 2. The molecule has 8 heteroatoms.